The number of methoxy groups -OCH3 is 1. The summed E-state index contributed by atoms with van der Waals surface area (Å²) in [6.07, 6.45) is 2.39. The maximum atomic E-state index is 13.3. The Hall–Kier alpha value is -4.53. The van der Waals surface area contributed by atoms with Gasteiger partial charge in [-0.25, -0.2) is 4.52 Å². The monoisotopic (exact) mass is 454 g/mol. The zero-order chi connectivity index (χ0) is 23.8. The summed E-state index contributed by atoms with van der Waals surface area (Å²) in [6, 6.07) is 16.5. The van der Waals surface area contributed by atoms with E-state index in [9.17, 15) is 9.59 Å². The maximum absolute atomic E-state index is 13.3. The molecule has 0 bridgehead atoms. The number of nitrogens with one attached hydrogen (secondary N) is 1. The van der Waals surface area contributed by atoms with Gasteiger partial charge in [0.15, 0.2) is 11.2 Å². The Balaban J connectivity index is 1.64. The first-order chi connectivity index (χ1) is 16.5. The van der Waals surface area contributed by atoms with Crippen molar-refractivity contribution in [3.63, 3.8) is 0 Å². The third-order valence-electron chi connectivity index (χ3n) is 5.63. The molecule has 1 N–H and O–H groups in total. The number of pyridine rings is 1. The lowest BCUT2D eigenvalue weighted by Crippen LogP contribution is -2.20. The van der Waals surface area contributed by atoms with Gasteiger partial charge in [0.2, 0.25) is 5.91 Å². The highest BCUT2D eigenvalue weighted by Crippen LogP contribution is 2.30. The van der Waals surface area contributed by atoms with E-state index in [1.807, 2.05) is 37.3 Å². The van der Waals surface area contributed by atoms with Gasteiger partial charge < -0.3 is 10.1 Å². The summed E-state index contributed by atoms with van der Waals surface area (Å²) in [5.74, 6) is 0.607. The summed E-state index contributed by atoms with van der Waals surface area (Å²) in [5, 5.41) is 16.2. The Morgan fingerprint density at radius 1 is 1.03 bits per heavy atom. The molecule has 5 rings (SSSR count). The Morgan fingerprint density at radius 2 is 1.76 bits per heavy atom. The number of ether oxygens (including phenoxy) is 1. The van der Waals surface area contributed by atoms with Gasteiger partial charge in [-0.2, -0.15) is 5.10 Å². The number of fused-ring (bicyclic) bond motifs is 3. The number of anilines is 1. The van der Waals surface area contributed by atoms with E-state index in [4.69, 9.17) is 9.84 Å². The third-order valence-corrected chi connectivity index (χ3v) is 5.63. The highest BCUT2D eigenvalue weighted by atomic mass is 16.5. The van der Waals surface area contributed by atoms with Crippen molar-refractivity contribution in [1.29, 1.82) is 0 Å². The molecule has 3 heterocycles. The minimum atomic E-state index is -0.307. The predicted octanol–water partition coefficient (Wildman–Crippen LogP) is 3.62. The van der Waals surface area contributed by atoms with Crippen LogP contribution >= 0.6 is 0 Å². The van der Waals surface area contributed by atoms with Crippen LogP contribution in [-0.2, 0) is 11.2 Å². The van der Waals surface area contributed by atoms with Crippen LogP contribution in [0.3, 0.4) is 0 Å². The molecule has 0 atom stereocenters. The molecule has 0 radical (unpaired) electrons. The Bertz CT molecular complexity index is 1580. The number of hydrogen-bond acceptors (Lipinski definition) is 6. The molecule has 9 heteroatoms. The average molecular weight is 454 g/mol. The molecule has 9 nitrogen and oxygen atoms in total. The molecule has 170 valence electrons. The Labute approximate surface area is 194 Å². The molecule has 5 aromatic rings. The Kier molecular flexibility index (Phi) is 5.29. The van der Waals surface area contributed by atoms with Crippen LogP contribution in [0.2, 0.25) is 0 Å². The number of carbonyl (C=O) groups is 1. The minimum absolute atomic E-state index is 0.158. The molecular weight excluding hydrogens is 432 g/mol. The number of nitrogens with zero attached hydrogens (tertiary/aromatic N) is 5. The average Bonchev–Trinajstić information content (AvgIpc) is 3.24. The first-order valence-corrected chi connectivity index (χ1v) is 10.8. The van der Waals surface area contributed by atoms with Gasteiger partial charge in [0.05, 0.1) is 18.4 Å². The van der Waals surface area contributed by atoms with E-state index in [-0.39, 0.29) is 17.0 Å². The quantitative estimate of drug-likeness (QED) is 0.435. The van der Waals surface area contributed by atoms with Crippen LogP contribution in [0.4, 0.5) is 5.69 Å². The fourth-order valence-corrected chi connectivity index (χ4v) is 4.00. The van der Waals surface area contributed by atoms with E-state index in [1.165, 1.54) is 11.5 Å². The number of rotatable bonds is 5. The molecule has 0 saturated carbocycles. The summed E-state index contributed by atoms with van der Waals surface area (Å²) in [4.78, 5) is 24.5. The zero-order valence-electron chi connectivity index (χ0n) is 18.9. The van der Waals surface area contributed by atoms with Crippen molar-refractivity contribution in [1.82, 2.24) is 24.4 Å². The molecule has 0 aliphatic rings. The summed E-state index contributed by atoms with van der Waals surface area (Å²) >= 11 is 0. The van der Waals surface area contributed by atoms with Crippen molar-refractivity contribution in [3.8, 4) is 22.6 Å². The summed E-state index contributed by atoms with van der Waals surface area (Å²) < 4.78 is 8.45. The second kappa shape index (κ2) is 8.43. The zero-order valence-corrected chi connectivity index (χ0v) is 18.9. The molecule has 0 aliphatic carbocycles. The summed E-state index contributed by atoms with van der Waals surface area (Å²) in [5.41, 5.74) is 5.08. The molecule has 3 aromatic heterocycles. The Morgan fingerprint density at radius 3 is 2.41 bits per heavy atom. The third kappa shape index (κ3) is 3.57. The number of aryl methyl sites for hydroxylation is 1. The van der Waals surface area contributed by atoms with E-state index in [0.29, 0.717) is 29.0 Å². The van der Waals surface area contributed by atoms with Crippen molar-refractivity contribution in [2.45, 2.75) is 20.3 Å². The molecular formula is C25H22N6O3. The van der Waals surface area contributed by atoms with E-state index in [0.717, 1.165) is 22.6 Å². The maximum Gasteiger partial charge on any atom is 0.285 e. The fraction of sp³-hybridized carbons (Fsp3) is 0.160. The number of hydrogen-bond donors (Lipinski definition) is 1. The first-order valence-electron chi connectivity index (χ1n) is 10.8. The number of carbonyl (C=O) groups excluding carboxylic acids is 1. The van der Waals surface area contributed by atoms with Gasteiger partial charge in [0, 0.05) is 24.5 Å². The molecule has 34 heavy (non-hydrogen) atoms. The largest absolute Gasteiger partial charge is 0.497 e. The normalized spacial score (nSPS) is 11.1. The van der Waals surface area contributed by atoms with Crippen LogP contribution in [0.15, 0.2) is 65.6 Å². The van der Waals surface area contributed by atoms with Gasteiger partial charge in [-0.05, 0) is 54.4 Å². The van der Waals surface area contributed by atoms with Crippen LogP contribution in [0, 0.1) is 0 Å². The second-order valence-corrected chi connectivity index (χ2v) is 7.79. The highest BCUT2D eigenvalue weighted by Gasteiger charge is 2.19. The minimum Gasteiger partial charge on any atom is -0.497 e. The van der Waals surface area contributed by atoms with Gasteiger partial charge in [-0.3, -0.25) is 14.2 Å². The standard InChI is InChI=1S/C25H22N6O3/c1-4-20-22(16-5-11-19(34-3)12-6-16)24-28-27-23-21(31(24)29-20)13-14-30(25(23)33)18-9-7-17(8-10-18)26-15(2)32/h5-14H,4H2,1-3H3,(H,26,32). The SMILES string of the molecule is CCc1nn2c(nnc3c(=O)n(-c4ccc(NC(C)=O)cc4)ccc32)c1-c1ccc(OC)cc1. The molecule has 0 saturated heterocycles. The molecule has 0 spiro atoms. The van der Waals surface area contributed by atoms with Gasteiger partial charge >= 0.3 is 0 Å². The van der Waals surface area contributed by atoms with E-state index in [1.54, 1.807) is 42.1 Å². The summed E-state index contributed by atoms with van der Waals surface area (Å²) in [7, 11) is 1.63. The van der Waals surface area contributed by atoms with Crippen LogP contribution < -0.4 is 15.6 Å². The molecule has 1 amide bonds. The van der Waals surface area contributed by atoms with Gasteiger partial charge in [-0.15, -0.1) is 10.2 Å². The van der Waals surface area contributed by atoms with Gasteiger partial charge in [0.25, 0.3) is 5.56 Å². The molecule has 0 fully saturated rings. The smallest absolute Gasteiger partial charge is 0.285 e. The number of benzene rings is 2. The van der Waals surface area contributed by atoms with Crippen LogP contribution in [0.5, 0.6) is 5.75 Å². The van der Waals surface area contributed by atoms with E-state index in [2.05, 4.69) is 15.5 Å². The fourth-order valence-electron chi connectivity index (χ4n) is 4.00. The van der Waals surface area contributed by atoms with Crippen molar-refractivity contribution >= 4 is 28.3 Å². The lowest BCUT2D eigenvalue weighted by Gasteiger charge is -2.09. The predicted molar refractivity (Wildman–Crippen MR) is 130 cm³/mol. The van der Waals surface area contributed by atoms with Crippen molar-refractivity contribution < 1.29 is 9.53 Å². The van der Waals surface area contributed by atoms with Crippen LogP contribution in [0.1, 0.15) is 19.5 Å². The first kappa shape index (κ1) is 21.3. The summed E-state index contributed by atoms with van der Waals surface area (Å²) in [6.45, 7) is 3.47. The number of aromatic nitrogens is 5. The molecule has 0 unspecified atom stereocenters. The van der Waals surface area contributed by atoms with Crippen molar-refractivity contribution in [2.75, 3.05) is 12.4 Å². The highest BCUT2D eigenvalue weighted by molar-refractivity contribution is 5.88. The van der Waals surface area contributed by atoms with Crippen LogP contribution in [0.25, 0.3) is 33.5 Å². The lowest BCUT2D eigenvalue weighted by atomic mass is 10.0. The topological polar surface area (TPSA) is 103 Å². The van der Waals surface area contributed by atoms with E-state index >= 15 is 0 Å². The lowest BCUT2D eigenvalue weighted by molar-refractivity contribution is -0.114. The van der Waals surface area contributed by atoms with Gasteiger partial charge in [-0.1, -0.05) is 19.1 Å². The van der Waals surface area contributed by atoms with Crippen molar-refractivity contribution in [2.24, 2.45) is 0 Å². The molecule has 0 aliphatic heterocycles. The van der Waals surface area contributed by atoms with Crippen LogP contribution in [-0.4, -0.2) is 37.4 Å². The van der Waals surface area contributed by atoms with Gasteiger partial charge in [0.1, 0.15) is 11.3 Å². The number of amides is 1. The molecule has 2 aromatic carbocycles. The van der Waals surface area contributed by atoms with E-state index < -0.39 is 0 Å². The van der Waals surface area contributed by atoms with Crippen molar-refractivity contribution in [3.05, 3.63) is 76.8 Å². The second-order valence-electron chi connectivity index (χ2n) is 7.79.